The maximum Gasteiger partial charge on any atom is 2.00 e. The molecule has 0 unspecified atom stereocenters. The van der Waals surface area contributed by atoms with E-state index in [0.717, 1.165) is 39.8 Å². The van der Waals surface area contributed by atoms with Crippen LogP contribution in [0.1, 0.15) is 55.4 Å². The molecule has 141 valence electrons. The zero-order valence-electron chi connectivity index (χ0n) is 15.7. The first-order chi connectivity index (χ1) is 9.25. The van der Waals surface area contributed by atoms with E-state index in [-0.39, 0.29) is 41.6 Å². The molecular weight excluding hydrogens is 410 g/mol. The summed E-state index contributed by atoms with van der Waals surface area (Å²) in [5.74, 6) is 0. The Labute approximate surface area is 171 Å². The minimum atomic E-state index is 0. The van der Waals surface area contributed by atoms with Crippen molar-refractivity contribution in [2.75, 3.05) is 0 Å². The fourth-order valence-corrected chi connectivity index (χ4v) is 4.31. The summed E-state index contributed by atoms with van der Waals surface area (Å²) in [6.45, 7) is 18.2. The molecule has 1 heterocycles. The number of halogens is 2. The van der Waals surface area contributed by atoms with E-state index in [1.807, 2.05) is 18.2 Å². The quantitative estimate of drug-likeness (QED) is 0.598. The number of aromatic nitrogens is 1. The molecule has 1 aromatic rings. The molecule has 0 saturated heterocycles. The predicted octanol–water partition coefficient (Wildman–Crippen LogP) is 0.0505. The molecule has 0 atom stereocenters. The van der Waals surface area contributed by atoms with Crippen LogP contribution in [0.5, 0.6) is 0 Å². The maximum atomic E-state index is 3.78. The van der Waals surface area contributed by atoms with Gasteiger partial charge in [0.2, 0.25) is 0 Å². The van der Waals surface area contributed by atoms with E-state index < -0.39 is 0 Å². The molecule has 1 radical (unpaired) electrons. The first-order valence-electron chi connectivity index (χ1n) is 7.62. The van der Waals surface area contributed by atoms with Gasteiger partial charge in [-0.3, -0.25) is 4.98 Å². The molecule has 0 aromatic carbocycles. The van der Waals surface area contributed by atoms with Crippen molar-refractivity contribution in [3.05, 3.63) is 30.6 Å². The van der Waals surface area contributed by atoms with Crippen LogP contribution in [0.15, 0.2) is 30.6 Å². The van der Waals surface area contributed by atoms with E-state index >= 15 is 0 Å². The van der Waals surface area contributed by atoms with Gasteiger partial charge in [-0.25, -0.2) is 0 Å². The number of rotatable bonds is 4. The van der Waals surface area contributed by atoms with Gasteiger partial charge in [0.15, 0.2) is 0 Å². The second-order valence-electron chi connectivity index (χ2n) is 5.98. The van der Waals surface area contributed by atoms with E-state index in [1.165, 1.54) is 0 Å². The first-order valence-corrected chi connectivity index (χ1v) is 9.93. The molecular formula is C17H35Cl2CoNP2. The van der Waals surface area contributed by atoms with Crippen LogP contribution in [-0.2, 0) is 16.8 Å². The van der Waals surface area contributed by atoms with Crippen molar-refractivity contribution in [1.29, 1.82) is 0 Å². The summed E-state index contributed by atoms with van der Waals surface area (Å²) in [6, 6.07) is 5.72. The van der Waals surface area contributed by atoms with Crippen LogP contribution in [0.25, 0.3) is 0 Å². The maximum absolute atomic E-state index is 3.78. The Morgan fingerprint density at radius 3 is 0.870 bits per heavy atom. The van der Waals surface area contributed by atoms with Crippen molar-refractivity contribution in [2.45, 2.75) is 78.0 Å². The van der Waals surface area contributed by atoms with Gasteiger partial charge in [0.1, 0.15) is 0 Å². The summed E-state index contributed by atoms with van der Waals surface area (Å²) in [6.07, 6.45) is 3.50. The van der Waals surface area contributed by atoms with Crippen molar-refractivity contribution >= 4 is 17.2 Å². The Morgan fingerprint density at radius 2 is 0.826 bits per heavy atom. The Morgan fingerprint density at radius 1 is 0.565 bits per heavy atom. The molecule has 0 N–H and O–H groups in total. The van der Waals surface area contributed by atoms with Crippen molar-refractivity contribution < 1.29 is 41.6 Å². The second kappa shape index (κ2) is 25.3. The summed E-state index contributed by atoms with van der Waals surface area (Å²) >= 11 is 0. The normalized spacial score (nSPS) is 8.87. The van der Waals surface area contributed by atoms with Gasteiger partial charge in [-0.05, 0) is 34.8 Å². The summed E-state index contributed by atoms with van der Waals surface area (Å²) in [7, 11) is 2.29. The van der Waals surface area contributed by atoms with Gasteiger partial charge in [0.05, 0.1) is 0 Å². The number of hydrogen-bond donors (Lipinski definition) is 0. The summed E-state index contributed by atoms with van der Waals surface area (Å²) < 4.78 is 0. The number of hydrogen-bond acceptors (Lipinski definition) is 1. The Bertz CT molecular complexity index is 234. The van der Waals surface area contributed by atoms with E-state index in [4.69, 9.17) is 0 Å². The molecule has 0 bridgehead atoms. The molecule has 0 fully saturated rings. The van der Waals surface area contributed by atoms with E-state index in [2.05, 4.69) is 60.4 Å². The van der Waals surface area contributed by atoms with Crippen LogP contribution in [0.3, 0.4) is 0 Å². The smallest absolute Gasteiger partial charge is 1.00 e. The van der Waals surface area contributed by atoms with Crippen molar-refractivity contribution in [3.63, 3.8) is 0 Å². The van der Waals surface area contributed by atoms with Gasteiger partial charge in [-0.2, -0.15) is 0 Å². The molecule has 0 saturated carbocycles. The molecule has 1 aromatic heterocycles. The van der Waals surface area contributed by atoms with Gasteiger partial charge in [0, 0.05) is 12.4 Å². The molecule has 0 aliphatic carbocycles. The topological polar surface area (TPSA) is 12.9 Å². The zero-order valence-corrected chi connectivity index (χ0v) is 20.3. The average Bonchev–Trinajstić information content (AvgIpc) is 2.29. The molecule has 0 aliphatic heterocycles. The molecule has 23 heavy (non-hydrogen) atoms. The van der Waals surface area contributed by atoms with Crippen LogP contribution in [0.2, 0.25) is 0 Å². The number of pyridine rings is 1. The average molecular weight is 445 g/mol. The fraction of sp³-hybridized carbons (Fsp3) is 0.706. The summed E-state index contributed by atoms with van der Waals surface area (Å²) in [5.41, 5.74) is 3.61. The first kappa shape index (κ1) is 35.2. The van der Waals surface area contributed by atoms with Crippen LogP contribution < -0.4 is 24.8 Å². The van der Waals surface area contributed by atoms with Crippen LogP contribution in [-0.4, -0.2) is 27.6 Å². The standard InChI is InChI=1S/2C6H15P.C5H5N.2ClH.Co/c2*1-5(2)7-6(3)4;1-2-4-6-5-3-1;;;/h2*5-7H,1-4H3;1-5H;2*1H;/q;;;;;+2/p-2. The SMILES string of the molecule is CC(C)PC(C)C.CC(C)PC(C)C.[Cl-].[Cl-].[Co+2].c1ccncc1. The van der Waals surface area contributed by atoms with Gasteiger partial charge in [-0.15, -0.1) is 17.2 Å². The summed E-state index contributed by atoms with van der Waals surface area (Å²) in [4.78, 5) is 3.78. The van der Waals surface area contributed by atoms with Gasteiger partial charge < -0.3 is 24.8 Å². The van der Waals surface area contributed by atoms with E-state index in [9.17, 15) is 0 Å². The van der Waals surface area contributed by atoms with Crippen molar-refractivity contribution in [2.24, 2.45) is 0 Å². The third-order valence-corrected chi connectivity index (χ3v) is 4.57. The molecule has 0 spiro atoms. The van der Waals surface area contributed by atoms with E-state index in [1.54, 1.807) is 12.4 Å². The fourth-order valence-electron chi connectivity index (χ4n) is 1.65. The Balaban J connectivity index is -0.0000000662. The molecule has 0 aliphatic rings. The van der Waals surface area contributed by atoms with Gasteiger partial charge >= 0.3 is 16.8 Å². The molecule has 1 rings (SSSR count). The minimum Gasteiger partial charge on any atom is -1.00 e. The summed E-state index contributed by atoms with van der Waals surface area (Å²) in [5, 5.41) is 0. The number of nitrogens with zero attached hydrogens (tertiary/aromatic N) is 1. The van der Waals surface area contributed by atoms with Gasteiger partial charge in [0.25, 0.3) is 0 Å². The minimum absolute atomic E-state index is 0. The second-order valence-corrected chi connectivity index (χ2v) is 11.3. The Kier molecular flexibility index (Phi) is 38.8. The van der Waals surface area contributed by atoms with Crippen molar-refractivity contribution in [1.82, 2.24) is 4.98 Å². The molecule has 6 heteroatoms. The van der Waals surface area contributed by atoms with Crippen molar-refractivity contribution in [3.8, 4) is 0 Å². The zero-order chi connectivity index (χ0) is 16.0. The monoisotopic (exact) mass is 444 g/mol. The molecule has 0 amide bonds. The van der Waals surface area contributed by atoms with Crippen LogP contribution >= 0.6 is 17.2 Å². The third-order valence-electron chi connectivity index (χ3n) is 1.90. The molecule has 1 nitrogen and oxygen atoms in total. The predicted molar refractivity (Wildman–Crippen MR) is 101 cm³/mol. The van der Waals surface area contributed by atoms with Crippen LogP contribution in [0, 0.1) is 0 Å². The largest absolute Gasteiger partial charge is 2.00 e. The van der Waals surface area contributed by atoms with Crippen LogP contribution in [0.4, 0.5) is 0 Å². The van der Waals surface area contributed by atoms with E-state index in [0.29, 0.717) is 0 Å². The third kappa shape index (κ3) is 45.1. The van der Waals surface area contributed by atoms with Gasteiger partial charge in [-0.1, -0.05) is 61.5 Å². The Hall–Kier alpha value is 1.10.